The third-order valence-corrected chi connectivity index (χ3v) is 3.54. The highest BCUT2D eigenvalue weighted by Crippen LogP contribution is 2.16. The minimum atomic E-state index is -3.54. The molecule has 0 aliphatic carbocycles. The van der Waals surface area contributed by atoms with Crippen LogP contribution in [-0.4, -0.2) is 27.4 Å². The Hall–Kier alpha value is -1.40. The summed E-state index contributed by atoms with van der Waals surface area (Å²) in [5, 5.41) is 0. The van der Waals surface area contributed by atoms with Crippen LogP contribution in [0.5, 0.6) is 5.75 Å². The number of carbonyl (C=O) groups is 1. The molecule has 18 heavy (non-hydrogen) atoms. The number of hydrogen-bond donors (Lipinski definition) is 1. The van der Waals surface area contributed by atoms with Gasteiger partial charge in [0.25, 0.3) is 0 Å². The maximum atomic E-state index is 11.8. The number of carbonyl (C=O) groups excluding carboxylic acids is 1. The molecule has 1 aromatic carbocycles. The molecule has 0 fully saturated rings. The van der Waals surface area contributed by atoms with Gasteiger partial charge in [0.15, 0.2) is 0 Å². The van der Waals surface area contributed by atoms with Crippen LogP contribution in [0.4, 0.5) is 0 Å². The zero-order chi connectivity index (χ0) is 13.6. The summed E-state index contributed by atoms with van der Waals surface area (Å²) < 4.78 is 31.3. The lowest BCUT2D eigenvalue weighted by Crippen LogP contribution is -2.24. The van der Waals surface area contributed by atoms with E-state index in [1.165, 1.54) is 12.1 Å². The zero-order valence-corrected chi connectivity index (χ0v) is 11.2. The normalized spacial score (nSPS) is 11.5. The highest BCUT2D eigenvalue weighted by atomic mass is 32.2. The fourth-order valence-corrected chi connectivity index (χ4v) is 2.35. The second-order valence-electron chi connectivity index (χ2n) is 3.99. The molecule has 0 aliphatic rings. The zero-order valence-electron chi connectivity index (χ0n) is 10.4. The summed E-state index contributed by atoms with van der Waals surface area (Å²) in [4.78, 5) is 10.3. The predicted molar refractivity (Wildman–Crippen MR) is 68.1 cm³/mol. The van der Waals surface area contributed by atoms with Gasteiger partial charge in [0.2, 0.25) is 10.0 Å². The molecule has 0 heterocycles. The molecule has 1 N–H and O–H groups in total. The van der Waals surface area contributed by atoms with Crippen LogP contribution in [0.2, 0.25) is 0 Å². The maximum Gasteiger partial charge on any atom is 0.240 e. The van der Waals surface area contributed by atoms with Gasteiger partial charge < -0.3 is 9.53 Å². The van der Waals surface area contributed by atoms with E-state index in [1.807, 2.05) is 13.8 Å². The molecule has 0 atom stereocenters. The van der Waals surface area contributed by atoms with E-state index >= 15 is 0 Å². The van der Waals surface area contributed by atoms with Crippen molar-refractivity contribution in [1.82, 2.24) is 4.72 Å². The van der Waals surface area contributed by atoms with Gasteiger partial charge in [-0.1, -0.05) is 0 Å². The minimum Gasteiger partial charge on any atom is -0.491 e. The molecule has 6 heteroatoms. The van der Waals surface area contributed by atoms with Crippen LogP contribution in [0.3, 0.4) is 0 Å². The summed E-state index contributed by atoms with van der Waals surface area (Å²) in [7, 11) is -3.54. The molecule has 100 valence electrons. The van der Waals surface area contributed by atoms with Gasteiger partial charge in [0, 0.05) is 13.0 Å². The Labute approximate surface area is 107 Å². The molecule has 0 amide bonds. The third kappa shape index (κ3) is 4.46. The number of sulfonamides is 1. The lowest BCUT2D eigenvalue weighted by Gasteiger charge is -2.10. The van der Waals surface area contributed by atoms with Crippen molar-refractivity contribution < 1.29 is 17.9 Å². The van der Waals surface area contributed by atoms with E-state index in [4.69, 9.17) is 4.74 Å². The van der Waals surface area contributed by atoms with Crippen LogP contribution in [-0.2, 0) is 14.8 Å². The highest BCUT2D eigenvalue weighted by Gasteiger charge is 2.13. The first kappa shape index (κ1) is 14.7. The second kappa shape index (κ2) is 6.51. The van der Waals surface area contributed by atoms with Crippen LogP contribution in [0.25, 0.3) is 0 Å². The summed E-state index contributed by atoms with van der Waals surface area (Å²) in [6.45, 7) is 3.90. The van der Waals surface area contributed by atoms with E-state index in [2.05, 4.69) is 4.72 Å². The Morgan fingerprint density at radius 1 is 1.28 bits per heavy atom. The monoisotopic (exact) mass is 271 g/mol. The van der Waals surface area contributed by atoms with Crippen molar-refractivity contribution in [2.24, 2.45) is 0 Å². The molecule has 0 spiro atoms. The van der Waals surface area contributed by atoms with Crippen molar-refractivity contribution in [1.29, 1.82) is 0 Å². The van der Waals surface area contributed by atoms with Crippen molar-refractivity contribution in [3.05, 3.63) is 24.3 Å². The fourth-order valence-electron chi connectivity index (χ4n) is 1.31. The SMILES string of the molecule is CC(C)Oc1ccc(S(=O)(=O)NCCC=O)cc1. The number of benzene rings is 1. The molecule has 1 aromatic rings. The number of ether oxygens (including phenoxy) is 1. The lowest BCUT2D eigenvalue weighted by atomic mass is 10.3. The molecule has 0 saturated heterocycles. The van der Waals surface area contributed by atoms with Crippen LogP contribution in [0, 0.1) is 0 Å². The Morgan fingerprint density at radius 2 is 1.89 bits per heavy atom. The summed E-state index contributed by atoms with van der Waals surface area (Å²) in [6, 6.07) is 6.16. The van der Waals surface area contributed by atoms with Gasteiger partial charge >= 0.3 is 0 Å². The van der Waals surface area contributed by atoms with E-state index in [1.54, 1.807) is 12.1 Å². The van der Waals surface area contributed by atoms with Crippen LogP contribution >= 0.6 is 0 Å². The van der Waals surface area contributed by atoms with Gasteiger partial charge in [0.1, 0.15) is 12.0 Å². The molecule has 0 aliphatic heterocycles. The smallest absolute Gasteiger partial charge is 0.240 e. The topological polar surface area (TPSA) is 72.5 Å². The molecule has 5 nitrogen and oxygen atoms in total. The average Bonchev–Trinajstić information content (AvgIpc) is 2.29. The van der Waals surface area contributed by atoms with Crippen LogP contribution in [0.1, 0.15) is 20.3 Å². The predicted octanol–water partition coefficient (Wildman–Crippen LogP) is 1.34. The molecular weight excluding hydrogens is 254 g/mol. The molecule has 0 unspecified atom stereocenters. The number of hydrogen-bond acceptors (Lipinski definition) is 4. The Morgan fingerprint density at radius 3 is 2.39 bits per heavy atom. The Kier molecular flexibility index (Phi) is 5.30. The van der Waals surface area contributed by atoms with Gasteiger partial charge in [-0.25, -0.2) is 13.1 Å². The van der Waals surface area contributed by atoms with Gasteiger partial charge in [-0.2, -0.15) is 0 Å². The van der Waals surface area contributed by atoms with E-state index in [0.717, 1.165) is 0 Å². The standard InChI is InChI=1S/C12H17NO4S/c1-10(2)17-11-4-6-12(7-5-11)18(15,16)13-8-3-9-14/h4-7,9-10,13H,3,8H2,1-2H3. The van der Waals surface area contributed by atoms with Gasteiger partial charge in [-0.05, 0) is 38.1 Å². The van der Waals surface area contributed by atoms with E-state index in [-0.39, 0.29) is 24.0 Å². The average molecular weight is 271 g/mol. The van der Waals surface area contributed by atoms with Crippen molar-refractivity contribution >= 4 is 16.3 Å². The first-order valence-electron chi connectivity index (χ1n) is 5.65. The molecule has 0 aromatic heterocycles. The van der Waals surface area contributed by atoms with Gasteiger partial charge in [-0.15, -0.1) is 0 Å². The van der Waals surface area contributed by atoms with E-state index in [0.29, 0.717) is 12.0 Å². The highest BCUT2D eigenvalue weighted by molar-refractivity contribution is 7.89. The quantitative estimate of drug-likeness (QED) is 0.600. The van der Waals surface area contributed by atoms with Crippen molar-refractivity contribution in [2.45, 2.75) is 31.3 Å². The van der Waals surface area contributed by atoms with Crippen LogP contribution in [0.15, 0.2) is 29.2 Å². The first-order chi connectivity index (χ1) is 8.45. The molecule has 0 bridgehead atoms. The first-order valence-corrected chi connectivity index (χ1v) is 7.14. The number of aldehydes is 1. The summed E-state index contributed by atoms with van der Waals surface area (Å²) in [6.07, 6.45) is 0.869. The van der Waals surface area contributed by atoms with Crippen LogP contribution < -0.4 is 9.46 Å². The van der Waals surface area contributed by atoms with Gasteiger partial charge in [0.05, 0.1) is 11.0 Å². The van der Waals surface area contributed by atoms with Crippen molar-refractivity contribution in [2.75, 3.05) is 6.54 Å². The summed E-state index contributed by atoms with van der Waals surface area (Å²) >= 11 is 0. The number of nitrogens with one attached hydrogen (secondary N) is 1. The molecule has 0 saturated carbocycles. The maximum absolute atomic E-state index is 11.8. The third-order valence-electron chi connectivity index (χ3n) is 2.06. The summed E-state index contributed by atoms with van der Waals surface area (Å²) in [5.41, 5.74) is 0. The molecule has 0 radical (unpaired) electrons. The van der Waals surface area contributed by atoms with Crippen molar-refractivity contribution in [3.8, 4) is 5.75 Å². The van der Waals surface area contributed by atoms with Gasteiger partial charge in [-0.3, -0.25) is 0 Å². The second-order valence-corrected chi connectivity index (χ2v) is 5.76. The Bertz CT molecular complexity index is 479. The fraction of sp³-hybridized carbons (Fsp3) is 0.417. The summed E-state index contributed by atoms with van der Waals surface area (Å²) in [5.74, 6) is 0.622. The Balaban J connectivity index is 2.74. The largest absolute Gasteiger partial charge is 0.491 e. The molecule has 1 rings (SSSR count). The molecular formula is C12H17NO4S. The number of rotatable bonds is 7. The lowest BCUT2D eigenvalue weighted by molar-refractivity contribution is -0.107. The van der Waals surface area contributed by atoms with E-state index < -0.39 is 10.0 Å². The van der Waals surface area contributed by atoms with Crippen molar-refractivity contribution in [3.63, 3.8) is 0 Å². The minimum absolute atomic E-state index is 0.0400. The van der Waals surface area contributed by atoms with E-state index in [9.17, 15) is 13.2 Å².